The maximum Gasteiger partial charge on any atom is 0.170 e. The Kier molecular flexibility index (Phi) is 5.64. The number of ether oxygens (including phenoxy) is 1. The first kappa shape index (κ1) is 18.6. The number of nitrogens with one attached hydrogen (secondary N) is 1. The molecule has 3 aromatic rings. The zero-order chi connectivity index (χ0) is 19.3. The lowest BCUT2D eigenvalue weighted by molar-refractivity contribution is 0.183. The van der Waals surface area contributed by atoms with E-state index in [4.69, 9.17) is 17.0 Å². The van der Waals surface area contributed by atoms with E-state index >= 15 is 0 Å². The highest BCUT2D eigenvalue weighted by molar-refractivity contribution is 7.80. The summed E-state index contributed by atoms with van der Waals surface area (Å²) in [5.74, 6) is 0. The van der Waals surface area contributed by atoms with Crippen molar-refractivity contribution >= 4 is 17.3 Å². The highest BCUT2D eigenvalue weighted by atomic mass is 32.1. The van der Waals surface area contributed by atoms with Gasteiger partial charge in [-0.25, -0.2) is 0 Å². The van der Waals surface area contributed by atoms with Crippen LogP contribution >= 0.6 is 12.2 Å². The van der Waals surface area contributed by atoms with E-state index in [-0.39, 0.29) is 12.1 Å². The first-order chi connectivity index (χ1) is 13.8. The zero-order valence-corrected chi connectivity index (χ0v) is 16.5. The summed E-state index contributed by atoms with van der Waals surface area (Å²) in [5.41, 5.74) is 3.33. The maximum absolute atomic E-state index is 5.74. The smallest absolute Gasteiger partial charge is 0.170 e. The molecule has 1 saturated heterocycles. The Bertz CT molecular complexity index is 915. The van der Waals surface area contributed by atoms with Crippen LogP contribution in [0.15, 0.2) is 67.3 Å². The predicted octanol–water partition coefficient (Wildman–Crippen LogP) is 3.10. The minimum Gasteiger partial charge on any atom is -0.383 e. The summed E-state index contributed by atoms with van der Waals surface area (Å²) in [5, 5.41) is 4.23. The van der Waals surface area contributed by atoms with Gasteiger partial charge in [0.15, 0.2) is 5.11 Å². The number of thiocarbonyl (C=S) groups is 1. The first-order valence-electron chi connectivity index (χ1n) is 9.29. The zero-order valence-electron chi connectivity index (χ0n) is 15.7. The first-order valence-corrected chi connectivity index (χ1v) is 9.69. The van der Waals surface area contributed by atoms with Crippen LogP contribution in [-0.2, 0) is 17.8 Å². The van der Waals surface area contributed by atoms with Crippen molar-refractivity contribution in [3.8, 4) is 0 Å². The molecule has 1 fully saturated rings. The number of nitrogens with zero attached hydrogens (tertiary/aromatic N) is 4. The summed E-state index contributed by atoms with van der Waals surface area (Å²) < 4.78 is 7.53. The van der Waals surface area contributed by atoms with Crippen LogP contribution in [0.3, 0.4) is 0 Å². The van der Waals surface area contributed by atoms with Gasteiger partial charge in [-0.1, -0.05) is 6.07 Å². The molecule has 0 amide bonds. The van der Waals surface area contributed by atoms with Crippen molar-refractivity contribution in [2.75, 3.05) is 13.7 Å². The Morgan fingerprint density at radius 1 is 1.11 bits per heavy atom. The molecule has 4 rings (SSSR count). The van der Waals surface area contributed by atoms with E-state index in [0.29, 0.717) is 13.2 Å². The molecule has 4 heterocycles. The van der Waals surface area contributed by atoms with Crippen molar-refractivity contribution in [2.24, 2.45) is 0 Å². The average molecular weight is 394 g/mol. The molecule has 0 radical (unpaired) electrons. The second kappa shape index (κ2) is 8.50. The Morgan fingerprint density at radius 2 is 1.96 bits per heavy atom. The highest BCUT2D eigenvalue weighted by Crippen LogP contribution is 2.39. The molecule has 0 aliphatic carbocycles. The molecule has 0 bridgehead atoms. The van der Waals surface area contributed by atoms with E-state index in [9.17, 15) is 0 Å². The monoisotopic (exact) mass is 393 g/mol. The largest absolute Gasteiger partial charge is 0.383 e. The van der Waals surface area contributed by atoms with Gasteiger partial charge in [-0.05, 0) is 54.2 Å². The summed E-state index contributed by atoms with van der Waals surface area (Å²) >= 11 is 5.74. The third kappa shape index (κ3) is 3.76. The van der Waals surface area contributed by atoms with Gasteiger partial charge >= 0.3 is 0 Å². The van der Waals surface area contributed by atoms with Crippen LogP contribution in [0.4, 0.5) is 0 Å². The molecule has 3 aromatic heterocycles. The van der Waals surface area contributed by atoms with Gasteiger partial charge in [0, 0.05) is 50.7 Å². The van der Waals surface area contributed by atoms with Crippen molar-refractivity contribution in [1.29, 1.82) is 0 Å². The van der Waals surface area contributed by atoms with Crippen molar-refractivity contribution < 1.29 is 4.74 Å². The molecule has 0 spiro atoms. The summed E-state index contributed by atoms with van der Waals surface area (Å²) in [4.78, 5) is 11.0. The molecule has 1 aliphatic heterocycles. The third-order valence-electron chi connectivity index (χ3n) is 5.00. The molecule has 1 N–H and O–H groups in total. The van der Waals surface area contributed by atoms with Crippen molar-refractivity contribution in [3.63, 3.8) is 0 Å². The van der Waals surface area contributed by atoms with Crippen LogP contribution in [0.1, 0.15) is 29.0 Å². The second-order valence-corrected chi connectivity index (χ2v) is 7.12. The molecular formula is C21H23N5OS. The molecule has 0 unspecified atom stereocenters. The fraction of sp³-hybridized carbons (Fsp3) is 0.286. The number of rotatable bonds is 7. The second-order valence-electron chi connectivity index (χ2n) is 6.73. The van der Waals surface area contributed by atoms with E-state index < -0.39 is 0 Å². The van der Waals surface area contributed by atoms with E-state index in [0.717, 1.165) is 17.4 Å². The summed E-state index contributed by atoms with van der Waals surface area (Å²) in [6.07, 6.45) is 7.55. The molecule has 28 heavy (non-hydrogen) atoms. The minimum absolute atomic E-state index is 0.0215. The van der Waals surface area contributed by atoms with Crippen LogP contribution in [0.25, 0.3) is 0 Å². The van der Waals surface area contributed by atoms with Gasteiger partial charge in [0.2, 0.25) is 0 Å². The molecule has 2 atom stereocenters. The van der Waals surface area contributed by atoms with Gasteiger partial charge in [0.05, 0.1) is 24.4 Å². The lowest BCUT2D eigenvalue weighted by Gasteiger charge is -2.29. The van der Waals surface area contributed by atoms with E-state index in [1.165, 1.54) is 11.3 Å². The summed E-state index contributed by atoms with van der Waals surface area (Å²) in [7, 11) is 1.72. The number of aromatic nitrogens is 3. The maximum atomic E-state index is 5.74. The van der Waals surface area contributed by atoms with Crippen LogP contribution in [0, 0.1) is 0 Å². The Labute approximate surface area is 170 Å². The van der Waals surface area contributed by atoms with Gasteiger partial charge < -0.3 is 19.5 Å². The van der Waals surface area contributed by atoms with Crippen molar-refractivity contribution in [2.45, 2.75) is 25.2 Å². The summed E-state index contributed by atoms with van der Waals surface area (Å²) in [6.45, 7) is 2.16. The van der Waals surface area contributed by atoms with Gasteiger partial charge in [-0.15, -0.1) is 0 Å². The van der Waals surface area contributed by atoms with Gasteiger partial charge in [-0.3, -0.25) is 9.97 Å². The average Bonchev–Trinajstić information content (AvgIpc) is 3.32. The van der Waals surface area contributed by atoms with E-state index in [1.807, 2.05) is 48.9 Å². The van der Waals surface area contributed by atoms with E-state index in [2.05, 4.69) is 43.1 Å². The highest BCUT2D eigenvalue weighted by Gasteiger charge is 2.41. The van der Waals surface area contributed by atoms with Crippen LogP contribution in [-0.4, -0.2) is 38.3 Å². The predicted molar refractivity (Wildman–Crippen MR) is 112 cm³/mol. The molecule has 1 aliphatic rings. The standard InChI is InChI=1S/C21H23N5OS/c1-27-14-13-25-12-4-6-18(25)20-19(17-5-2-3-9-23-17)24-21(28)26(20)15-16-7-10-22-11-8-16/h2-12,19-20H,13-15H2,1H3,(H,24,28)/t19-,20-/m0/s1. The number of pyridine rings is 2. The molecule has 6 nitrogen and oxygen atoms in total. The number of hydrogen-bond acceptors (Lipinski definition) is 4. The number of methoxy groups -OCH3 is 1. The fourth-order valence-corrected chi connectivity index (χ4v) is 3.98. The van der Waals surface area contributed by atoms with Crippen LogP contribution in [0.5, 0.6) is 0 Å². The fourth-order valence-electron chi connectivity index (χ4n) is 3.67. The minimum atomic E-state index is -0.0215. The molecule has 0 aromatic carbocycles. The lowest BCUT2D eigenvalue weighted by atomic mass is 10.0. The van der Waals surface area contributed by atoms with Gasteiger partial charge in [-0.2, -0.15) is 0 Å². The van der Waals surface area contributed by atoms with Crippen LogP contribution < -0.4 is 5.32 Å². The third-order valence-corrected chi connectivity index (χ3v) is 5.36. The quantitative estimate of drug-likeness (QED) is 0.623. The van der Waals surface area contributed by atoms with Gasteiger partial charge in [0.1, 0.15) is 0 Å². The molecule has 0 saturated carbocycles. The lowest BCUT2D eigenvalue weighted by Crippen LogP contribution is -2.30. The molecule has 7 heteroatoms. The SMILES string of the molecule is COCCn1cccc1[C@H]1[C@H](c2ccccn2)NC(=S)N1Cc1ccncc1. The van der Waals surface area contributed by atoms with Crippen LogP contribution in [0.2, 0.25) is 0 Å². The van der Waals surface area contributed by atoms with Gasteiger partial charge in [0.25, 0.3) is 0 Å². The number of hydrogen-bond donors (Lipinski definition) is 1. The summed E-state index contributed by atoms with van der Waals surface area (Å²) in [6, 6.07) is 14.3. The van der Waals surface area contributed by atoms with Crippen molar-refractivity contribution in [1.82, 2.24) is 24.8 Å². The molecule has 144 valence electrons. The Morgan fingerprint density at radius 3 is 2.71 bits per heavy atom. The Hall–Kier alpha value is -2.77. The topological polar surface area (TPSA) is 55.2 Å². The van der Waals surface area contributed by atoms with Crippen molar-refractivity contribution in [3.05, 3.63) is 84.2 Å². The van der Waals surface area contributed by atoms with E-state index in [1.54, 1.807) is 7.11 Å². The Balaban J connectivity index is 1.72. The molecular weight excluding hydrogens is 370 g/mol. The normalized spacial score (nSPS) is 19.0.